The normalized spacial score (nSPS) is 10.4. The molecule has 122 valence electrons. The van der Waals surface area contributed by atoms with Crippen LogP contribution in [0.1, 0.15) is 5.56 Å². The molecule has 22 heavy (non-hydrogen) atoms. The Morgan fingerprint density at radius 2 is 1.41 bits per heavy atom. The van der Waals surface area contributed by atoms with Crippen LogP contribution in [-0.4, -0.2) is 59.9 Å². The smallest absolute Gasteiger partial charge is 0.0701 e. The van der Waals surface area contributed by atoms with Gasteiger partial charge in [0.15, 0.2) is 0 Å². The molecule has 0 radical (unpaired) electrons. The first-order chi connectivity index (χ1) is 10.9. The second kappa shape index (κ2) is 13.1. The van der Waals surface area contributed by atoms with Gasteiger partial charge < -0.3 is 24.3 Å². The van der Waals surface area contributed by atoms with Gasteiger partial charge in [0.2, 0.25) is 0 Å². The van der Waals surface area contributed by atoms with Crippen LogP contribution in [0.25, 0.3) is 0 Å². The zero-order valence-corrected chi connectivity index (χ0v) is 13.2. The van der Waals surface area contributed by atoms with E-state index in [1.165, 1.54) is 0 Å². The first-order valence-electron chi connectivity index (χ1n) is 7.39. The monoisotopic (exact) mass is 307 g/mol. The number of hydrogen-bond acceptors (Lipinski definition) is 5. The summed E-state index contributed by atoms with van der Waals surface area (Å²) in [4.78, 5) is 0. The Hall–Kier alpha value is -1.58. The standard InChI is InChI=1S/C17H25NO4/c1-3-16-4-6-17(7-5-16)18-8-9-20-12-13-22-15-14-21-11-10-19-2/h1,4-7,18H,8-15H2,2H3. The Kier molecular flexibility index (Phi) is 11.0. The van der Waals surface area contributed by atoms with Crippen molar-refractivity contribution in [2.45, 2.75) is 0 Å². The number of ether oxygens (including phenoxy) is 4. The molecule has 0 fully saturated rings. The van der Waals surface area contributed by atoms with E-state index < -0.39 is 0 Å². The maximum atomic E-state index is 5.46. The first kappa shape index (κ1) is 18.5. The third-order valence-electron chi connectivity index (χ3n) is 2.80. The number of anilines is 1. The summed E-state index contributed by atoms with van der Waals surface area (Å²) in [7, 11) is 1.65. The quantitative estimate of drug-likeness (QED) is 0.445. The number of hydrogen-bond donors (Lipinski definition) is 1. The van der Waals surface area contributed by atoms with E-state index in [4.69, 9.17) is 25.4 Å². The highest BCUT2D eigenvalue weighted by Crippen LogP contribution is 2.07. The summed E-state index contributed by atoms with van der Waals surface area (Å²) in [5.41, 5.74) is 1.91. The number of rotatable bonds is 13. The molecule has 0 aromatic heterocycles. The van der Waals surface area contributed by atoms with Crippen LogP contribution in [0.15, 0.2) is 24.3 Å². The van der Waals surface area contributed by atoms with Gasteiger partial charge >= 0.3 is 0 Å². The van der Waals surface area contributed by atoms with Gasteiger partial charge in [-0.3, -0.25) is 0 Å². The van der Waals surface area contributed by atoms with Crippen molar-refractivity contribution in [2.24, 2.45) is 0 Å². The van der Waals surface area contributed by atoms with Gasteiger partial charge in [-0.25, -0.2) is 0 Å². The predicted molar refractivity (Wildman–Crippen MR) is 87.2 cm³/mol. The largest absolute Gasteiger partial charge is 0.383 e. The molecule has 1 aromatic carbocycles. The lowest BCUT2D eigenvalue weighted by atomic mass is 10.2. The molecule has 0 bridgehead atoms. The maximum absolute atomic E-state index is 5.46. The molecule has 1 aromatic rings. The van der Waals surface area contributed by atoms with Crippen molar-refractivity contribution in [3.05, 3.63) is 29.8 Å². The van der Waals surface area contributed by atoms with E-state index in [1.54, 1.807) is 7.11 Å². The number of nitrogens with one attached hydrogen (secondary N) is 1. The summed E-state index contributed by atoms with van der Waals surface area (Å²) in [5.74, 6) is 2.59. The molecule has 1 N–H and O–H groups in total. The predicted octanol–water partition coefficient (Wildman–Crippen LogP) is 1.78. The van der Waals surface area contributed by atoms with Crippen LogP contribution < -0.4 is 5.32 Å². The fourth-order valence-corrected chi connectivity index (χ4v) is 1.64. The molecule has 0 unspecified atom stereocenters. The minimum absolute atomic E-state index is 0.574. The maximum Gasteiger partial charge on any atom is 0.0701 e. The van der Waals surface area contributed by atoms with Crippen LogP contribution >= 0.6 is 0 Å². The average Bonchev–Trinajstić information content (AvgIpc) is 2.56. The minimum Gasteiger partial charge on any atom is -0.383 e. The zero-order valence-electron chi connectivity index (χ0n) is 13.2. The van der Waals surface area contributed by atoms with E-state index in [0.717, 1.165) is 17.8 Å². The molecule has 0 saturated heterocycles. The minimum atomic E-state index is 0.574. The van der Waals surface area contributed by atoms with Gasteiger partial charge in [0.05, 0.1) is 46.2 Å². The topological polar surface area (TPSA) is 49.0 Å². The number of terminal acetylenes is 1. The Bertz CT molecular complexity index is 414. The molecular weight excluding hydrogens is 282 g/mol. The van der Waals surface area contributed by atoms with Gasteiger partial charge in [0.25, 0.3) is 0 Å². The molecule has 0 atom stereocenters. The van der Waals surface area contributed by atoms with Crippen LogP contribution in [0.3, 0.4) is 0 Å². The number of methoxy groups -OCH3 is 1. The third kappa shape index (κ3) is 9.37. The van der Waals surface area contributed by atoms with Crippen LogP contribution in [0, 0.1) is 12.3 Å². The van der Waals surface area contributed by atoms with Gasteiger partial charge in [-0.1, -0.05) is 5.92 Å². The first-order valence-corrected chi connectivity index (χ1v) is 7.39. The fraction of sp³-hybridized carbons (Fsp3) is 0.529. The molecule has 0 aliphatic rings. The fourth-order valence-electron chi connectivity index (χ4n) is 1.64. The molecule has 0 amide bonds. The lowest BCUT2D eigenvalue weighted by molar-refractivity contribution is 0.00495. The summed E-state index contributed by atoms with van der Waals surface area (Å²) in [6.45, 7) is 4.90. The molecule has 5 nitrogen and oxygen atoms in total. The summed E-state index contributed by atoms with van der Waals surface area (Å²) in [5, 5.41) is 3.26. The van der Waals surface area contributed by atoms with E-state index >= 15 is 0 Å². The van der Waals surface area contributed by atoms with Crippen molar-refractivity contribution in [3.8, 4) is 12.3 Å². The van der Waals surface area contributed by atoms with Gasteiger partial charge in [0.1, 0.15) is 0 Å². The lowest BCUT2D eigenvalue weighted by Crippen LogP contribution is -2.14. The van der Waals surface area contributed by atoms with Crippen molar-refractivity contribution in [1.82, 2.24) is 0 Å². The van der Waals surface area contributed by atoms with E-state index in [2.05, 4.69) is 11.2 Å². The third-order valence-corrected chi connectivity index (χ3v) is 2.80. The van der Waals surface area contributed by atoms with Gasteiger partial charge in [-0.2, -0.15) is 0 Å². The van der Waals surface area contributed by atoms with Crippen LogP contribution in [0.2, 0.25) is 0 Å². The van der Waals surface area contributed by atoms with Crippen molar-refractivity contribution >= 4 is 5.69 Å². The summed E-state index contributed by atoms with van der Waals surface area (Å²) in [6, 6.07) is 7.74. The van der Waals surface area contributed by atoms with Crippen LogP contribution in [0.5, 0.6) is 0 Å². The second-order valence-corrected chi connectivity index (χ2v) is 4.48. The van der Waals surface area contributed by atoms with E-state index in [9.17, 15) is 0 Å². The van der Waals surface area contributed by atoms with Crippen LogP contribution in [0.4, 0.5) is 5.69 Å². The van der Waals surface area contributed by atoms with Crippen molar-refractivity contribution in [2.75, 3.05) is 65.2 Å². The Morgan fingerprint density at radius 1 is 0.864 bits per heavy atom. The molecular formula is C17H25NO4. The van der Waals surface area contributed by atoms with E-state index in [1.807, 2.05) is 24.3 Å². The Labute approximate surface area is 132 Å². The van der Waals surface area contributed by atoms with Crippen molar-refractivity contribution in [1.29, 1.82) is 0 Å². The SMILES string of the molecule is C#Cc1ccc(NCCOCCOCCOCCOC)cc1. The van der Waals surface area contributed by atoms with Gasteiger partial charge in [-0.15, -0.1) is 6.42 Å². The summed E-state index contributed by atoms with van der Waals surface area (Å²) in [6.07, 6.45) is 5.30. The van der Waals surface area contributed by atoms with Gasteiger partial charge in [0, 0.05) is 24.9 Å². The van der Waals surface area contributed by atoms with Crippen LogP contribution in [-0.2, 0) is 18.9 Å². The zero-order chi connectivity index (χ0) is 15.9. The molecule has 5 heteroatoms. The highest BCUT2D eigenvalue weighted by Gasteiger charge is 1.94. The highest BCUT2D eigenvalue weighted by molar-refractivity contribution is 5.47. The summed E-state index contributed by atoms with van der Waals surface area (Å²) >= 11 is 0. The van der Waals surface area contributed by atoms with E-state index in [0.29, 0.717) is 46.2 Å². The molecule has 0 aliphatic carbocycles. The average molecular weight is 307 g/mol. The number of benzene rings is 1. The molecule has 0 aliphatic heterocycles. The molecule has 0 spiro atoms. The lowest BCUT2D eigenvalue weighted by Gasteiger charge is -2.08. The van der Waals surface area contributed by atoms with Crippen molar-refractivity contribution in [3.63, 3.8) is 0 Å². The Morgan fingerprint density at radius 3 is 1.95 bits per heavy atom. The van der Waals surface area contributed by atoms with Crippen molar-refractivity contribution < 1.29 is 18.9 Å². The molecule has 0 heterocycles. The molecule has 1 rings (SSSR count). The van der Waals surface area contributed by atoms with E-state index in [-0.39, 0.29) is 0 Å². The highest BCUT2D eigenvalue weighted by atomic mass is 16.6. The summed E-state index contributed by atoms with van der Waals surface area (Å²) < 4.78 is 21.0. The molecule has 0 saturated carbocycles. The second-order valence-electron chi connectivity index (χ2n) is 4.48. The van der Waals surface area contributed by atoms with Gasteiger partial charge in [-0.05, 0) is 24.3 Å². The Balaban J connectivity index is 1.86.